The van der Waals surface area contributed by atoms with Gasteiger partial charge >= 0.3 is 0 Å². The number of aryl methyl sites for hydroxylation is 1. The third kappa shape index (κ3) is 3.52. The quantitative estimate of drug-likeness (QED) is 0.779. The van der Waals surface area contributed by atoms with Crippen molar-refractivity contribution in [3.05, 3.63) is 70.5 Å². The predicted octanol–water partition coefficient (Wildman–Crippen LogP) is 3.74. The number of piperazine rings is 1. The van der Waals surface area contributed by atoms with E-state index < -0.39 is 0 Å². The van der Waals surface area contributed by atoms with Crippen LogP contribution < -0.4 is 5.32 Å². The molecule has 1 saturated heterocycles. The molecule has 1 unspecified atom stereocenters. The Bertz CT molecular complexity index is 896. The fourth-order valence-corrected chi connectivity index (χ4v) is 3.64. The first-order valence-corrected chi connectivity index (χ1v) is 9.01. The Morgan fingerprint density at radius 2 is 1.92 bits per heavy atom. The second-order valence-corrected chi connectivity index (χ2v) is 6.93. The fraction of sp³-hybridized carbons (Fsp3) is 0.300. The minimum Gasteiger partial charge on any atom is -0.314 e. The molecule has 0 aliphatic carbocycles. The summed E-state index contributed by atoms with van der Waals surface area (Å²) in [5.74, 6) is 0. The van der Waals surface area contributed by atoms with E-state index in [4.69, 9.17) is 21.6 Å². The third-order valence-corrected chi connectivity index (χ3v) is 5.02. The Hall–Kier alpha value is -2.01. The van der Waals surface area contributed by atoms with Crippen LogP contribution in [0.1, 0.15) is 23.0 Å². The highest BCUT2D eigenvalue weighted by Crippen LogP contribution is 2.26. The van der Waals surface area contributed by atoms with Gasteiger partial charge in [0.1, 0.15) is 0 Å². The maximum absolute atomic E-state index is 6.20. The van der Waals surface area contributed by atoms with Crippen molar-refractivity contribution >= 4 is 22.6 Å². The zero-order chi connectivity index (χ0) is 17.2. The normalized spacial score (nSPS) is 18.6. The van der Waals surface area contributed by atoms with Gasteiger partial charge in [0.2, 0.25) is 0 Å². The number of para-hydroxylation sites is 2. The molecule has 0 bridgehead atoms. The van der Waals surface area contributed by atoms with Gasteiger partial charge in [-0.1, -0.05) is 35.9 Å². The summed E-state index contributed by atoms with van der Waals surface area (Å²) in [5.41, 5.74) is 5.20. The molecule has 0 spiro atoms. The summed E-state index contributed by atoms with van der Waals surface area (Å²) in [6, 6.07) is 16.5. The molecule has 1 aromatic heterocycles. The van der Waals surface area contributed by atoms with Crippen molar-refractivity contribution in [1.82, 2.24) is 20.2 Å². The Labute approximate surface area is 152 Å². The van der Waals surface area contributed by atoms with Crippen LogP contribution in [0.5, 0.6) is 0 Å². The average molecular weight is 353 g/mol. The van der Waals surface area contributed by atoms with Gasteiger partial charge in [0.15, 0.2) is 0 Å². The van der Waals surface area contributed by atoms with Crippen LogP contribution >= 0.6 is 11.6 Å². The molecule has 128 valence electrons. The number of hydrogen-bond acceptors (Lipinski definition) is 4. The van der Waals surface area contributed by atoms with Crippen molar-refractivity contribution in [2.24, 2.45) is 0 Å². The van der Waals surface area contributed by atoms with Gasteiger partial charge in [-0.3, -0.25) is 4.90 Å². The second-order valence-electron chi connectivity index (χ2n) is 6.49. The average Bonchev–Trinajstić information content (AvgIpc) is 2.63. The van der Waals surface area contributed by atoms with Gasteiger partial charge in [-0.25, -0.2) is 9.97 Å². The molecule has 0 radical (unpaired) electrons. The van der Waals surface area contributed by atoms with Crippen LogP contribution in [-0.2, 0) is 6.54 Å². The van der Waals surface area contributed by atoms with E-state index in [2.05, 4.69) is 22.3 Å². The van der Waals surface area contributed by atoms with Crippen LogP contribution in [0.15, 0.2) is 48.5 Å². The number of aromatic nitrogens is 2. The summed E-state index contributed by atoms with van der Waals surface area (Å²) in [6.45, 7) is 5.72. The van der Waals surface area contributed by atoms with Crippen molar-refractivity contribution < 1.29 is 0 Å². The molecule has 1 N–H and O–H groups in total. The summed E-state index contributed by atoms with van der Waals surface area (Å²) < 4.78 is 0. The maximum Gasteiger partial charge on any atom is 0.0890 e. The molecule has 2 heterocycles. The van der Waals surface area contributed by atoms with E-state index in [9.17, 15) is 0 Å². The first-order chi connectivity index (χ1) is 12.2. The standard InChI is InChI=1S/C20H21ClN4/c1-14-19(24-18-8-3-2-7-17(18)23-14)13-25-10-9-22-12-20(25)15-5-4-6-16(21)11-15/h2-8,11,20,22H,9-10,12-13H2,1H3. The Morgan fingerprint density at radius 3 is 2.72 bits per heavy atom. The predicted molar refractivity (Wildman–Crippen MR) is 102 cm³/mol. The molecule has 1 aliphatic rings. The van der Waals surface area contributed by atoms with Crippen LogP contribution in [0.3, 0.4) is 0 Å². The van der Waals surface area contributed by atoms with Crippen LogP contribution in [0, 0.1) is 6.92 Å². The zero-order valence-electron chi connectivity index (χ0n) is 14.2. The van der Waals surface area contributed by atoms with E-state index in [1.165, 1.54) is 5.56 Å². The lowest BCUT2D eigenvalue weighted by molar-refractivity contribution is 0.151. The number of nitrogens with zero attached hydrogens (tertiary/aromatic N) is 3. The van der Waals surface area contributed by atoms with Gasteiger partial charge in [-0.05, 0) is 36.8 Å². The molecule has 3 aromatic rings. The number of fused-ring (bicyclic) bond motifs is 1. The lowest BCUT2D eigenvalue weighted by Crippen LogP contribution is -2.45. The van der Waals surface area contributed by atoms with E-state index >= 15 is 0 Å². The molecule has 1 atom stereocenters. The van der Waals surface area contributed by atoms with Gasteiger partial charge < -0.3 is 5.32 Å². The largest absolute Gasteiger partial charge is 0.314 e. The highest BCUT2D eigenvalue weighted by atomic mass is 35.5. The van der Waals surface area contributed by atoms with Crippen LogP contribution in [0.25, 0.3) is 11.0 Å². The van der Waals surface area contributed by atoms with E-state index in [1.54, 1.807) is 0 Å². The monoisotopic (exact) mass is 352 g/mol. The third-order valence-electron chi connectivity index (χ3n) is 4.78. The Morgan fingerprint density at radius 1 is 1.12 bits per heavy atom. The highest BCUT2D eigenvalue weighted by Gasteiger charge is 2.25. The summed E-state index contributed by atoms with van der Waals surface area (Å²) >= 11 is 6.20. The molecular formula is C20H21ClN4. The molecule has 4 nitrogen and oxygen atoms in total. The minimum absolute atomic E-state index is 0.292. The van der Waals surface area contributed by atoms with Gasteiger partial charge in [-0.2, -0.15) is 0 Å². The lowest BCUT2D eigenvalue weighted by atomic mass is 10.0. The molecule has 0 amide bonds. The van der Waals surface area contributed by atoms with Crippen molar-refractivity contribution in [3.8, 4) is 0 Å². The van der Waals surface area contributed by atoms with E-state index in [-0.39, 0.29) is 0 Å². The van der Waals surface area contributed by atoms with Gasteiger partial charge in [0, 0.05) is 37.2 Å². The van der Waals surface area contributed by atoms with Crippen LogP contribution in [0.4, 0.5) is 0 Å². The van der Waals surface area contributed by atoms with E-state index in [0.717, 1.165) is 53.6 Å². The Kier molecular flexibility index (Phi) is 4.66. The van der Waals surface area contributed by atoms with E-state index in [0.29, 0.717) is 6.04 Å². The fourth-order valence-electron chi connectivity index (χ4n) is 3.45. The summed E-state index contributed by atoms with van der Waals surface area (Å²) in [7, 11) is 0. The van der Waals surface area contributed by atoms with Crippen molar-refractivity contribution in [2.75, 3.05) is 19.6 Å². The molecule has 25 heavy (non-hydrogen) atoms. The SMILES string of the molecule is Cc1nc2ccccc2nc1CN1CCNCC1c1cccc(Cl)c1. The summed E-state index contributed by atoms with van der Waals surface area (Å²) in [4.78, 5) is 12.1. The molecule has 2 aromatic carbocycles. The highest BCUT2D eigenvalue weighted by molar-refractivity contribution is 6.30. The topological polar surface area (TPSA) is 41.1 Å². The smallest absolute Gasteiger partial charge is 0.0890 e. The maximum atomic E-state index is 6.20. The number of hydrogen-bond donors (Lipinski definition) is 1. The second kappa shape index (κ2) is 7.08. The zero-order valence-corrected chi connectivity index (χ0v) is 15.0. The summed E-state index contributed by atoms with van der Waals surface area (Å²) in [6.07, 6.45) is 0. The van der Waals surface area contributed by atoms with Gasteiger partial charge in [-0.15, -0.1) is 0 Å². The molecule has 1 aliphatic heterocycles. The van der Waals surface area contributed by atoms with Crippen LogP contribution in [0.2, 0.25) is 5.02 Å². The van der Waals surface area contributed by atoms with E-state index in [1.807, 2.05) is 43.3 Å². The minimum atomic E-state index is 0.292. The molecule has 4 rings (SSSR count). The van der Waals surface area contributed by atoms with Gasteiger partial charge in [0.25, 0.3) is 0 Å². The number of nitrogens with one attached hydrogen (secondary N) is 1. The number of rotatable bonds is 3. The first kappa shape index (κ1) is 16.5. The Balaban J connectivity index is 1.64. The summed E-state index contributed by atoms with van der Waals surface area (Å²) in [5, 5.41) is 4.27. The molecule has 0 saturated carbocycles. The van der Waals surface area contributed by atoms with Crippen molar-refractivity contribution in [2.45, 2.75) is 19.5 Å². The molecule has 5 heteroatoms. The van der Waals surface area contributed by atoms with Gasteiger partial charge in [0.05, 0.1) is 22.4 Å². The van der Waals surface area contributed by atoms with Crippen molar-refractivity contribution in [3.63, 3.8) is 0 Å². The van der Waals surface area contributed by atoms with Crippen molar-refractivity contribution in [1.29, 1.82) is 0 Å². The number of halogens is 1. The first-order valence-electron chi connectivity index (χ1n) is 8.63. The van der Waals surface area contributed by atoms with Crippen LogP contribution in [-0.4, -0.2) is 34.5 Å². The number of benzene rings is 2. The lowest BCUT2D eigenvalue weighted by Gasteiger charge is -2.36. The molecule has 1 fully saturated rings. The molecular weight excluding hydrogens is 332 g/mol.